The van der Waals surface area contributed by atoms with Crippen LogP contribution in [0.15, 0.2) is 74.8 Å². The molecule has 0 saturated carbocycles. The maximum absolute atomic E-state index is 13.1. The molecule has 4 rings (SSSR count). The van der Waals surface area contributed by atoms with E-state index in [1.165, 1.54) is 25.3 Å². The second-order valence-corrected chi connectivity index (χ2v) is 10.4. The van der Waals surface area contributed by atoms with Crippen LogP contribution in [0, 0.1) is 12.8 Å². The largest absolute Gasteiger partial charge is 0.497 e. The lowest BCUT2D eigenvalue weighted by molar-refractivity contribution is -0.137. The second kappa shape index (κ2) is 10.1. The normalized spacial score (nSPS) is 13.4. The summed E-state index contributed by atoms with van der Waals surface area (Å²) >= 11 is 0. The molecule has 0 aliphatic rings. The van der Waals surface area contributed by atoms with Gasteiger partial charge in [0.25, 0.3) is 0 Å². The average molecular weight is 510 g/mol. The van der Waals surface area contributed by atoms with Crippen molar-refractivity contribution in [2.75, 3.05) is 7.11 Å². The van der Waals surface area contributed by atoms with Crippen molar-refractivity contribution in [3.05, 3.63) is 76.6 Å². The zero-order valence-corrected chi connectivity index (χ0v) is 21.2. The van der Waals surface area contributed by atoms with E-state index in [1.807, 2.05) is 13.8 Å². The molecule has 36 heavy (non-hydrogen) atoms. The van der Waals surface area contributed by atoms with Gasteiger partial charge in [0, 0.05) is 16.8 Å². The third-order valence-electron chi connectivity index (χ3n) is 6.19. The van der Waals surface area contributed by atoms with Crippen molar-refractivity contribution in [2.45, 2.75) is 38.1 Å². The first kappa shape index (κ1) is 25.4. The summed E-state index contributed by atoms with van der Waals surface area (Å²) in [6.07, 6.45) is 0.540. The number of fused-ring (bicyclic) bond motifs is 3. The average Bonchev–Trinajstić information content (AvgIpc) is 2.86. The van der Waals surface area contributed by atoms with E-state index >= 15 is 0 Å². The lowest BCUT2D eigenvalue weighted by atomic mass is 10.0. The third kappa shape index (κ3) is 5.12. The van der Waals surface area contributed by atoms with Gasteiger partial charge in [-0.1, -0.05) is 38.0 Å². The SMILES string of the molecule is CC[C@H](C)[C@@H](NS(=O)(=O)c1ccc(C)cc1)C(=O)Oc1ccc2c(c1)oc(=O)c1cc(OC)ccc12. The molecule has 1 N–H and O–H groups in total. The van der Waals surface area contributed by atoms with Crippen molar-refractivity contribution in [3.8, 4) is 11.5 Å². The molecule has 8 nitrogen and oxygen atoms in total. The maximum Gasteiger partial charge on any atom is 0.344 e. The van der Waals surface area contributed by atoms with Crippen LogP contribution in [0.4, 0.5) is 0 Å². The number of rotatable bonds is 8. The molecule has 0 amide bonds. The molecule has 0 radical (unpaired) electrons. The van der Waals surface area contributed by atoms with E-state index in [4.69, 9.17) is 13.9 Å². The summed E-state index contributed by atoms with van der Waals surface area (Å²) in [6.45, 7) is 5.48. The lowest BCUT2D eigenvalue weighted by Gasteiger charge is -2.22. The zero-order chi connectivity index (χ0) is 26.0. The Labute approximate surface area is 208 Å². The number of ether oxygens (including phenoxy) is 2. The highest BCUT2D eigenvalue weighted by Gasteiger charge is 2.31. The van der Waals surface area contributed by atoms with Gasteiger partial charge in [-0.05, 0) is 55.3 Å². The minimum atomic E-state index is -3.96. The van der Waals surface area contributed by atoms with E-state index < -0.39 is 27.7 Å². The Balaban J connectivity index is 1.64. The number of nitrogens with one attached hydrogen (secondary N) is 1. The van der Waals surface area contributed by atoms with Crippen molar-refractivity contribution in [3.63, 3.8) is 0 Å². The fourth-order valence-electron chi connectivity index (χ4n) is 3.85. The number of carbonyl (C=O) groups excluding carboxylic acids is 1. The van der Waals surface area contributed by atoms with Crippen LogP contribution in [0.5, 0.6) is 11.5 Å². The predicted octanol–water partition coefficient (Wildman–Crippen LogP) is 4.56. The summed E-state index contributed by atoms with van der Waals surface area (Å²) in [5, 5.41) is 1.70. The van der Waals surface area contributed by atoms with Crippen LogP contribution in [0.2, 0.25) is 0 Å². The van der Waals surface area contributed by atoms with E-state index in [-0.39, 0.29) is 22.1 Å². The van der Waals surface area contributed by atoms with Crippen LogP contribution >= 0.6 is 0 Å². The number of methoxy groups -OCH3 is 1. The van der Waals surface area contributed by atoms with E-state index in [0.29, 0.717) is 28.3 Å². The molecule has 1 aromatic heterocycles. The molecule has 0 unspecified atom stereocenters. The van der Waals surface area contributed by atoms with Crippen LogP contribution < -0.4 is 19.8 Å². The highest BCUT2D eigenvalue weighted by atomic mass is 32.2. The molecule has 9 heteroatoms. The summed E-state index contributed by atoms with van der Waals surface area (Å²) in [5.41, 5.74) is 0.605. The zero-order valence-electron chi connectivity index (χ0n) is 20.4. The summed E-state index contributed by atoms with van der Waals surface area (Å²) in [7, 11) is -2.45. The molecule has 0 saturated heterocycles. The molecular weight excluding hydrogens is 482 g/mol. The fraction of sp³-hybridized carbons (Fsp3) is 0.259. The van der Waals surface area contributed by atoms with Crippen LogP contribution in [0.25, 0.3) is 21.7 Å². The van der Waals surface area contributed by atoms with E-state index in [1.54, 1.807) is 49.4 Å². The molecule has 1 heterocycles. The van der Waals surface area contributed by atoms with Crippen molar-refractivity contribution in [1.82, 2.24) is 4.72 Å². The second-order valence-electron chi connectivity index (χ2n) is 8.68. The summed E-state index contributed by atoms with van der Waals surface area (Å²) in [5.74, 6) is -0.433. The Morgan fingerprint density at radius 2 is 1.64 bits per heavy atom. The number of aryl methyl sites for hydroxylation is 1. The van der Waals surface area contributed by atoms with Crippen molar-refractivity contribution in [2.24, 2.45) is 5.92 Å². The topological polar surface area (TPSA) is 112 Å². The Hall–Kier alpha value is -3.69. The summed E-state index contributed by atoms with van der Waals surface area (Å²) in [4.78, 5) is 25.7. The Morgan fingerprint density at radius 3 is 2.31 bits per heavy atom. The predicted molar refractivity (Wildman–Crippen MR) is 137 cm³/mol. The molecule has 0 aliphatic heterocycles. The monoisotopic (exact) mass is 509 g/mol. The number of hydrogen-bond donors (Lipinski definition) is 1. The summed E-state index contributed by atoms with van der Waals surface area (Å²) < 4.78 is 44.6. The number of esters is 1. The minimum absolute atomic E-state index is 0.0604. The molecule has 0 fully saturated rings. The Morgan fingerprint density at radius 1 is 0.972 bits per heavy atom. The molecule has 0 bridgehead atoms. The van der Waals surface area contributed by atoms with E-state index in [9.17, 15) is 18.0 Å². The smallest absolute Gasteiger partial charge is 0.344 e. The molecule has 0 spiro atoms. The minimum Gasteiger partial charge on any atom is -0.497 e. The molecule has 0 aliphatic carbocycles. The van der Waals surface area contributed by atoms with Crippen molar-refractivity contribution >= 4 is 37.7 Å². The van der Waals surface area contributed by atoms with Gasteiger partial charge in [-0.3, -0.25) is 0 Å². The van der Waals surface area contributed by atoms with Crippen LogP contribution in [0.1, 0.15) is 25.8 Å². The van der Waals surface area contributed by atoms with Gasteiger partial charge in [0.2, 0.25) is 10.0 Å². The van der Waals surface area contributed by atoms with Gasteiger partial charge in [0.1, 0.15) is 23.1 Å². The van der Waals surface area contributed by atoms with Crippen LogP contribution in [-0.4, -0.2) is 27.5 Å². The highest BCUT2D eigenvalue weighted by molar-refractivity contribution is 7.89. The first-order chi connectivity index (χ1) is 17.1. The number of carbonyl (C=O) groups is 1. The van der Waals surface area contributed by atoms with Gasteiger partial charge < -0.3 is 13.9 Å². The van der Waals surface area contributed by atoms with Gasteiger partial charge >= 0.3 is 11.6 Å². The molecule has 4 aromatic rings. The van der Waals surface area contributed by atoms with E-state index in [0.717, 1.165) is 5.56 Å². The number of benzene rings is 3. The van der Waals surface area contributed by atoms with Crippen LogP contribution in [-0.2, 0) is 14.8 Å². The molecule has 188 valence electrons. The standard InChI is InChI=1S/C27H27NO7S/c1-5-17(3)25(28-36(31,32)20-10-6-16(2)7-11-20)27(30)34-19-9-13-22-21-12-8-18(33-4)14-23(21)26(29)35-24(22)15-19/h6-15,17,25,28H,5H2,1-4H3/t17-,25+/m0/s1. The number of hydrogen-bond acceptors (Lipinski definition) is 7. The first-order valence-electron chi connectivity index (χ1n) is 11.5. The lowest BCUT2D eigenvalue weighted by Crippen LogP contribution is -2.46. The fourth-order valence-corrected chi connectivity index (χ4v) is 5.14. The van der Waals surface area contributed by atoms with Crippen molar-refractivity contribution < 1.29 is 27.1 Å². The van der Waals surface area contributed by atoms with Gasteiger partial charge in [-0.2, -0.15) is 4.72 Å². The first-order valence-corrected chi connectivity index (χ1v) is 13.0. The highest BCUT2D eigenvalue weighted by Crippen LogP contribution is 2.29. The van der Waals surface area contributed by atoms with Crippen molar-refractivity contribution in [1.29, 1.82) is 0 Å². The molecule has 2 atom stereocenters. The van der Waals surface area contributed by atoms with Gasteiger partial charge in [-0.15, -0.1) is 0 Å². The maximum atomic E-state index is 13.1. The third-order valence-corrected chi connectivity index (χ3v) is 7.65. The quantitative estimate of drug-likeness (QED) is 0.160. The Kier molecular flexibility index (Phi) is 7.14. The summed E-state index contributed by atoms with van der Waals surface area (Å²) in [6, 6.07) is 15.0. The van der Waals surface area contributed by atoms with Gasteiger partial charge in [0.15, 0.2) is 0 Å². The number of sulfonamides is 1. The van der Waals surface area contributed by atoms with Gasteiger partial charge in [0.05, 0.1) is 17.4 Å². The molecular formula is C27H27NO7S. The van der Waals surface area contributed by atoms with E-state index in [2.05, 4.69) is 4.72 Å². The Bertz CT molecular complexity index is 1590. The molecule has 3 aromatic carbocycles. The van der Waals surface area contributed by atoms with Gasteiger partial charge in [-0.25, -0.2) is 18.0 Å². The van der Waals surface area contributed by atoms with Crippen LogP contribution in [0.3, 0.4) is 0 Å².